The number of ether oxygens (including phenoxy) is 2. The van der Waals surface area contributed by atoms with E-state index in [-0.39, 0.29) is 18.0 Å². The molecule has 10 heteroatoms. The molecule has 5 rings (SSSR count). The molecular weight excluding hydrogens is 490 g/mol. The predicted molar refractivity (Wildman–Crippen MR) is 142 cm³/mol. The van der Waals surface area contributed by atoms with E-state index in [1.165, 1.54) is 17.5 Å². The summed E-state index contributed by atoms with van der Waals surface area (Å²) in [6.45, 7) is 4.73. The number of anilines is 1. The average Bonchev–Trinajstić information content (AvgIpc) is 3.48. The van der Waals surface area contributed by atoms with E-state index in [1.807, 2.05) is 61.7 Å². The van der Waals surface area contributed by atoms with Gasteiger partial charge in [-0.05, 0) is 48.6 Å². The first-order valence-electron chi connectivity index (χ1n) is 11.5. The van der Waals surface area contributed by atoms with Gasteiger partial charge in [0.05, 0.1) is 23.9 Å². The van der Waals surface area contributed by atoms with Crippen LogP contribution < -0.4 is 15.2 Å². The van der Waals surface area contributed by atoms with Gasteiger partial charge in [-0.2, -0.15) is 0 Å². The Kier molecular flexibility index (Phi) is 6.49. The highest BCUT2D eigenvalue weighted by atomic mass is 32.1. The molecule has 9 nitrogen and oxygen atoms in total. The van der Waals surface area contributed by atoms with E-state index < -0.39 is 5.97 Å². The van der Waals surface area contributed by atoms with Crippen molar-refractivity contribution in [3.63, 3.8) is 0 Å². The largest absolute Gasteiger partial charge is 0.497 e. The number of hydrogen-bond acceptors (Lipinski definition) is 8. The second-order valence-electron chi connectivity index (χ2n) is 8.60. The van der Waals surface area contributed by atoms with E-state index >= 15 is 0 Å². The smallest absolute Gasteiger partial charge is 0.338 e. The number of hydrogen-bond donors (Lipinski definition) is 2. The zero-order chi connectivity index (χ0) is 26.1. The summed E-state index contributed by atoms with van der Waals surface area (Å²) in [5, 5.41) is 20.7. The fraction of sp³-hybridized carbons (Fsp3) is 0.185. The van der Waals surface area contributed by atoms with E-state index in [0.717, 1.165) is 39.7 Å². The highest BCUT2D eigenvalue weighted by Crippen LogP contribution is 2.34. The molecule has 0 fully saturated rings. The van der Waals surface area contributed by atoms with Crippen LogP contribution in [0.3, 0.4) is 0 Å². The lowest BCUT2D eigenvalue weighted by molar-refractivity contribution is 0.0699. The Morgan fingerprint density at radius 1 is 1.14 bits per heavy atom. The molecule has 3 N–H and O–H groups in total. The van der Waals surface area contributed by atoms with Crippen LogP contribution in [-0.2, 0) is 13.2 Å². The first-order valence-corrected chi connectivity index (χ1v) is 12.4. The Bertz CT molecular complexity index is 1610. The number of thiophene rings is 1. The molecule has 3 heterocycles. The van der Waals surface area contributed by atoms with Gasteiger partial charge in [0.2, 0.25) is 0 Å². The third-order valence-corrected chi connectivity index (χ3v) is 7.26. The van der Waals surface area contributed by atoms with Crippen LogP contribution in [0, 0.1) is 13.8 Å². The number of nitrogens with two attached hydrogens (primary N) is 1. The lowest BCUT2D eigenvalue weighted by atomic mass is 10.1. The molecule has 0 radical (unpaired) electrons. The Hall–Kier alpha value is -4.44. The number of methoxy groups -OCH3 is 1. The summed E-state index contributed by atoms with van der Waals surface area (Å²) in [6, 6.07) is 13.8. The molecule has 0 aliphatic rings. The Morgan fingerprint density at radius 3 is 2.65 bits per heavy atom. The van der Waals surface area contributed by atoms with Gasteiger partial charge < -0.3 is 24.9 Å². The number of nitrogen functional groups attached to an aromatic ring is 1. The van der Waals surface area contributed by atoms with Gasteiger partial charge in [0, 0.05) is 22.7 Å². The van der Waals surface area contributed by atoms with Crippen molar-refractivity contribution >= 4 is 33.2 Å². The zero-order valence-electron chi connectivity index (χ0n) is 20.6. The number of rotatable bonds is 8. The maximum atomic E-state index is 11.6. The summed E-state index contributed by atoms with van der Waals surface area (Å²) in [6.07, 6.45) is 1.29. The number of pyridine rings is 1. The molecule has 3 aromatic heterocycles. The van der Waals surface area contributed by atoms with E-state index in [1.54, 1.807) is 7.11 Å². The predicted octanol–water partition coefficient (Wildman–Crippen LogP) is 5.09. The molecule has 0 aliphatic carbocycles. The standard InChI is InChI=1S/C27H25N5O4S/c1-15-4-7-18(26-31-30-16(2)32(26)12-17-5-8-20(35-3)9-6-17)10-22(15)36-13-19-14-37-24-21(27(33)34)11-29-25(28)23(19)24/h4-11,14H,12-13H2,1-3H3,(H2,28,29)(H,33,34). The van der Waals surface area contributed by atoms with Crippen molar-refractivity contribution in [1.82, 2.24) is 19.7 Å². The fourth-order valence-electron chi connectivity index (χ4n) is 4.14. The SMILES string of the molecule is COc1ccc(Cn2c(C)nnc2-c2ccc(C)c(OCc3csc4c(C(=O)O)cnc(N)c34)c2)cc1. The molecular formula is C27H25N5O4S. The molecule has 0 amide bonds. The Balaban J connectivity index is 1.42. The topological polar surface area (TPSA) is 125 Å². The van der Waals surface area contributed by atoms with Crippen molar-refractivity contribution in [2.75, 3.05) is 12.8 Å². The van der Waals surface area contributed by atoms with Gasteiger partial charge >= 0.3 is 5.97 Å². The van der Waals surface area contributed by atoms with Crippen molar-refractivity contribution in [3.05, 3.63) is 82.1 Å². The van der Waals surface area contributed by atoms with Gasteiger partial charge in [0.25, 0.3) is 0 Å². The molecule has 0 saturated heterocycles. The summed E-state index contributed by atoms with van der Waals surface area (Å²) in [4.78, 5) is 15.6. The molecule has 0 spiro atoms. The Labute approximate surface area is 217 Å². The van der Waals surface area contributed by atoms with Crippen LogP contribution in [-0.4, -0.2) is 37.9 Å². The van der Waals surface area contributed by atoms with Gasteiger partial charge in [-0.1, -0.05) is 24.3 Å². The number of aromatic carboxylic acids is 1. The maximum absolute atomic E-state index is 11.6. The molecule has 0 unspecified atom stereocenters. The second kappa shape index (κ2) is 9.90. The van der Waals surface area contributed by atoms with Gasteiger partial charge in [0.15, 0.2) is 5.82 Å². The molecule has 0 atom stereocenters. The van der Waals surface area contributed by atoms with Crippen molar-refractivity contribution in [2.45, 2.75) is 27.0 Å². The van der Waals surface area contributed by atoms with Crippen LogP contribution in [0.25, 0.3) is 21.5 Å². The first-order chi connectivity index (χ1) is 17.9. The number of benzene rings is 2. The lowest BCUT2D eigenvalue weighted by Crippen LogP contribution is -2.05. The lowest BCUT2D eigenvalue weighted by Gasteiger charge is -2.13. The van der Waals surface area contributed by atoms with Crippen molar-refractivity contribution in [3.8, 4) is 22.9 Å². The number of carbonyl (C=O) groups is 1. The summed E-state index contributed by atoms with van der Waals surface area (Å²) < 4.78 is 14.1. The average molecular weight is 516 g/mol. The highest BCUT2D eigenvalue weighted by Gasteiger charge is 2.18. The van der Waals surface area contributed by atoms with Gasteiger partial charge in [-0.15, -0.1) is 21.5 Å². The number of carboxylic acid groups (broad SMARTS) is 1. The van der Waals surface area contributed by atoms with Crippen molar-refractivity contribution in [2.24, 2.45) is 0 Å². The van der Waals surface area contributed by atoms with Gasteiger partial charge in [-0.3, -0.25) is 0 Å². The zero-order valence-corrected chi connectivity index (χ0v) is 21.4. The molecule has 188 valence electrons. The number of aromatic nitrogens is 4. The summed E-state index contributed by atoms with van der Waals surface area (Å²) in [5.41, 5.74) is 9.94. The molecule has 0 saturated carbocycles. The van der Waals surface area contributed by atoms with Crippen LogP contribution in [0.15, 0.2) is 54.0 Å². The van der Waals surface area contributed by atoms with E-state index in [4.69, 9.17) is 15.2 Å². The molecule has 0 bridgehead atoms. The first kappa shape index (κ1) is 24.3. The summed E-state index contributed by atoms with van der Waals surface area (Å²) >= 11 is 1.32. The monoisotopic (exact) mass is 515 g/mol. The second-order valence-corrected chi connectivity index (χ2v) is 9.48. The Morgan fingerprint density at radius 2 is 1.92 bits per heavy atom. The number of aryl methyl sites for hydroxylation is 2. The quantitative estimate of drug-likeness (QED) is 0.293. The minimum atomic E-state index is -1.04. The maximum Gasteiger partial charge on any atom is 0.338 e. The molecule has 5 aromatic rings. The third kappa shape index (κ3) is 4.70. The number of carboxylic acids is 1. The van der Waals surface area contributed by atoms with Gasteiger partial charge in [-0.25, -0.2) is 9.78 Å². The van der Waals surface area contributed by atoms with Crippen molar-refractivity contribution < 1.29 is 19.4 Å². The third-order valence-electron chi connectivity index (χ3n) is 6.20. The van der Waals surface area contributed by atoms with E-state index in [0.29, 0.717) is 22.4 Å². The number of nitrogens with zero attached hydrogens (tertiary/aromatic N) is 4. The van der Waals surface area contributed by atoms with Crippen LogP contribution in [0.1, 0.15) is 32.9 Å². The minimum absolute atomic E-state index is 0.130. The van der Waals surface area contributed by atoms with Crippen LogP contribution in [0.5, 0.6) is 11.5 Å². The van der Waals surface area contributed by atoms with Crippen LogP contribution in [0.2, 0.25) is 0 Å². The number of fused-ring (bicyclic) bond motifs is 1. The molecule has 2 aromatic carbocycles. The van der Waals surface area contributed by atoms with E-state index in [9.17, 15) is 9.90 Å². The molecule has 37 heavy (non-hydrogen) atoms. The van der Waals surface area contributed by atoms with Gasteiger partial charge in [0.1, 0.15) is 29.7 Å². The summed E-state index contributed by atoms with van der Waals surface area (Å²) in [5.74, 6) is 2.28. The molecule has 0 aliphatic heterocycles. The van der Waals surface area contributed by atoms with Crippen molar-refractivity contribution in [1.29, 1.82) is 0 Å². The minimum Gasteiger partial charge on any atom is -0.497 e. The van der Waals surface area contributed by atoms with E-state index in [2.05, 4.69) is 19.7 Å². The normalized spacial score (nSPS) is 11.1. The van der Waals surface area contributed by atoms with Crippen LogP contribution >= 0.6 is 11.3 Å². The highest BCUT2D eigenvalue weighted by molar-refractivity contribution is 7.17. The fourth-order valence-corrected chi connectivity index (χ4v) is 5.20. The van der Waals surface area contributed by atoms with Crippen LogP contribution in [0.4, 0.5) is 5.82 Å². The summed E-state index contributed by atoms with van der Waals surface area (Å²) in [7, 11) is 1.65.